The predicted octanol–water partition coefficient (Wildman–Crippen LogP) is 3.31. The number of ether oxygens (including phenoxy) is 1. The zero-order valence-electron chi connectivity index (χ0n) is 11.8. The van der Waals surface area contributed by atoms with Crippen molar-refractivity contribution in [1.82, 2.24) is 4.90 Å². The maximum Gasteiger partial charge on any atom is 0.206 e. The maximum absolute atomic E-state index is 12.4. The number of nitrogens with zero attached hydrogens (tertiary/aromatic N) is 1. The van der Waals surface area contributed by atoms with Crippen molar-refractivity contribution in [3.8, 4) is 5.75 Å². The second kappa shape index (κ2) is 7.22. The van der Waals surface area contributed by atoms with Crippen molar-refractivity contribution >= 4 is 17.1 Å². The summed E-state index contributed by atoms with van der Waals surface area (Å²) in [6, 6.07) is 11.2. The molecule has 0 radical (unpaired) electrons. The summed E-state index contributed by atoms with van der Waals surface area (Å²) in [5.74, 6) is 0.702. The molecule has 0 atom stereocenters. The van der Waals surface area contributed by atoms with Crippen LogP contribution in [0.25, 0.3) is 0 Å². The summed E-state index contributed by atoms with van der Waals surface area (Å²) in [5, 5.41) is 1.91. The zero-order valence-corrected chi connectivity index (χ0v) is 12.7. The molecule has 0 bridgehead atoms. The number of carbonyl (C=O) groups is 1. The van der Waals surface area contributed by atoms with Gasteiger partial charge in [0.1, 0.15) is 5.75 Å². The molecule has 0 fully saturated rings. The molecule has 106 valence electrons. The van der Waals surface area contributed by atoms with Gasteiger partial charge in [-0.2, -0.15) is 0 Å². The molecular formula is C16H19NO2S. The van der Waals surface area contributed by atoms with Crippen LogP contribution in [0.4, 0.5) is 0 Å². The van der Waals surface area contributed by atoms with Crippen LogP contribution in [0.1, 0.15) is 21.7 Å². The van der Waals surface area contributed by atoms with E-state index in [-0.39, 0.29) is 5.78 Å². The molecule has 1 aromatic heterocycles. The minimum absolute atomic E-state index is 0.0307. The van der Waals surface area contributed by atoms with Gasteiger partial charge in [-0.25, -0.2) is 0 Å². The summed E-state index contributed by atoms with van der Waals surface area (Å²) < 4.78 is 5.76. The lowest BCUT2D eigenvalue weighted by atomic mass is 10.1. The molecule has 2 rings (SSSR count). The van der Waals surface area contributed by atoms with Crippen LogP contribution >= 0.6 is 11.3 Å². The Morgan fingerprint density at radius 3 is 2.70 bits per heavy atom. The fourth-order valence-corrected chi connectivity index (χ4v) is 2.56. The fourth-order valence-electron chi connectivity index (χ4n) is 1.88. The number of ketones is 1. The van der Waals surface area contributed by atoms with Crippen LogP contribution in [0.15, 0.2) is 41.8 Å². The molecule has 0 N–H and O–H groups in total. The van der Waals surface area contributed by atoms with E-state index in [1.54, 1.807) is 0 Å². The summed E-state index contributed by atoms with van der Waals surface area (Å²) in [4.78, 5) is 15.3. The highest BCUT2D eigenvalue weighted by Crippen LogP contribution is 2.23. The Morgan fingerprint density at radius 2 is 2.00 bits per heavy atom. The molecule has 20 heavy (non-hydrogen) atoms. The van der Waals surface area contributed by atoms with Crippen molar-refractivity contribution in [3.63, 3.8) is 0 Å². The van der Waals surface area contributed by atoms with Gasteiger partial charge in [0.15, 0.2) is 0 Å². The first-order valence-electron chi connectivity index (χ1n) is 6.63. The Kier molecular flexibility index (Phi) is 5.32. The molecule has 0 spiro atoms. The number of hydrogen-bond donors (Lipinski definition) is 0. The highest BCUT2D eigenvalue weighted by Gasteiger charge is 2.14. The standard InChI is InChI=1S/C16H19NO2S/c1-17(2)10-6-11-19-14-8-4-3-7-13(14)16(18)15-9-5-12-20-15/h3-5,7-9,12H,6,10-11H2,1-2H3. The van der Waals surface area contributed by atoms with E-state index >= 15 is 0 Å². The van der Waals surface area contributed by atoms with Crippen LogP contribution in [0.3, 0.4) is 0 Å². The van der Waals surface area contributed by atoms with Gasteiger partial charge in [-0.3, -0.25) is 4.79 Å². The molecule has 0 saturated heterocycles. The van der Waals surface area contributed by atoms with E-state index < -0.39 is 0 Å². The van der Waals surface area contributed by atoms with Gasteiger partial charge in [0.2, 0.25) is 5.78 Å². The summed E-state index contributed by atoms with van der Waals surface area (Å²) >= 11 is 1.46. The molecule has 1 heterocycles. The largest absolute Gasteiger partial charge is 0.493 e. The molecule has 2 aromatic rings. The Bertz CT molecular complexity index is 549. The van der Waals surface area contributed by atoms with Gasteiger partial charge in [-0.05, 0) is 44.1 Å². The van der Waals surface area contributed by atoms with E-state index in [0.717, 1.165) is 17.8 Å². The van der Waals surface area contributed by atoms with Crippen molar-refractivity contribution < 1.29 is 9.53 Å². The van der Waals surface area contributed by atoms with Gasteiger partial charge in [-0.1, -0.05) is 18.2 Å². The van der Waals surface area contributed by atoms with Crippen LogP contribution in [0.2, 0.25) is 0 Å². The molecule has 0 saturated carbocycles. The second-order valence-corrected chi connectivity index (χ2v) is 5.76. The average Bonchev–Trinajstić information content (AvgIpc) is 2.97. The highest BCUT2D eigenvalue weighted by atomic mass is 32.1. The molecular weight excluding hydrogens is 270 g/mol. The normalized spacial score (nSPS) is 10.8. The zero-order chi connectivity index (χ0) is 14.4. The monoisotopic (exact) mass is 289 g/mol. The minimum Gasteiger partial charge on any atom is -0.493 e. The second-order valence-electron chi connectivity index (χ2n) is 4.81. The van der Waals surface area contributed by atoms with Gasteiger partial charge >= 0.3 is 0 Å². The Morgan fingerprint density at radius 1 is 1.20 bits per heavy atom. The number of rotatable bonds is 7. The van der Waals surface area contributed by atoms with Crippen molar-refractivity contribution in [2.45, 2.75) is 6.42 Å². The van der Waals surface area contributed by atoms with Gasteiger partial charge in [-0.15, -0.1) is 11.3 Å². The number of hydrogen-bond acceptors (Lipinski definition) is 4. The molecule has 0 aliphatic rings. The van der Waals surface area contributed by atoms with E-state index in [0.29, 0.717) is 17.9 Å². The summed E-state index contributed by atoms with van der Waals surface area (Å²) in [5.41, 5.74) is 0.639. The Hall–Kier alpha value is -1.65. The summed E-state index contributed by atoms with van der Waals surface area (Å²) in [6.07, 6.45) is 0.939. The van der Waals surface area contributed by atoms with Gasteiger partial charge in [0.05, 0.1) is 17.0 Å². The Labute approximate surface area is 123 Å². The predicted molar refractivity (Wildman–Crippen MR) is 82.9 cm³/mol. The van der Waals surface area contributed by atoms with Crippen LogP contribution < -0.4 is 4.74 Å². The van der Waals surface area contributed by atoms with Crippen LogP contribution in [-0.4, -0.2) is 37.9 Å². The maximum atomic E-state index is 12.4. The lowest BCUT2D eigenvalue weighted by Crippen LogP contribution is -2.16. The third-order valence-electron chi connectivity index (χ3n) is 2.88. The first-order chi connectivity index (χ1) is 9.68. The van der Waals surface area contributed by atoms with Crippen LogP contribution in [-0.2, 0) is 0 Å². The number of benzene rings is 1. The molecule has 0 aliphatic heterocycles. The highest BCUT2D eigenvalue weighted by molar-refractivity contribution is 7.12. The van der Waals surface area contributed by atoms with E-state index in [9.17, 15) is 4.79 Å². The van der Waals surface area contributed by atoms with Crippen LogP contribution in [0, 0.1) is 0 Å². The SMILES string of the molecule is CN(C)CCCOc1ccccc1C(=O)c1cccs1. The first-order valence-corrected chi connectivity index (χ1v) is 7.51. The third-order valence-corrected chi connectivity index (χ3v) is 3.75. The van der Waals surface area contributed by atoms with Crippen molar-refractivity contribution in [1.29, 1.82) is 0 Å². The molecule has 1 aromatic carbocycles. The summed E-state index contributed by atoms with van der Waals surface area (Å²) in [7, 11) is 4.07. The lowest BCUT2D eigenvalue weighted by molar-refractivity contribution is 0.103. The molecule has 0 unspecified atom stereocenters. The van der Waals surface area contributed by atoms with Crippen LogP contribution in [0.5, 0.6) is 5.75 Å². The molecule has 4 heteroatoms. The molecule has 0 aliphatic carbocycles. The van der Waals surface area contributed by atoms with Crippen molar-refractivity contribution in [2.24, 2.45) is 0 Å². The van der Waals surface area contributed by atoms with E-state index in [2.05, 4.69) is 4.90 Å². The van der Waals surface area contributed by atoms with Crippen molar-refractivity contribution in [3.05, 3.63) is 52.2 Å². The number of carbonyl (C=O) groups excluding carboxylic acids is 1. The van der Waals surface area contributed by atoms with Gasteiger partial charge in [0.25, 0.3) is 0 Å². The van der Waals surface area contributed by atoms with E-state index in [4.69, 9.17) is 4.74 Å². The molecule has 0 amide bonds. The van der Waals surface area contributed by atoms with Gasteiger partial charge < -0.3 is 9.64 Å². The topological polar surface area (TPSA) is 29.5 Å². The number of para-hydroxylation sites is 1. The lowest BCUT2D eigenvalue weighted by Gasteiger charge is -2.12. The summed E-state index contributed by atoms with van der Waals surface area (Å²) in [6.45, 7) is 1.59. The minimum atomic E-state index is 0.0307. The van der Waals surface area contributed by atoms with Gasteiger partial charge in [0, 0.05) is 6.54 Å². The van der Waals surface area contributed by atoms with E-state index in [1.165, 1.54) is 11.3 Å². The quantitative estimate of drug-likeness (QED) is 0.578. The average molecular weight is 289 g/mol. The molecule has 3 nitrogen and oxygen atoms in total. The fraction of sp³-hybridized carbons (Fsp3) is 0.312. The third kappa shape index (κ3) is 3.92. The smallest absolute Gasteiger partial charge is 0.206 e. The van der Waals surface area contributed by atoms with Crippen molar-refractivity contribution in [2.75, 3.05) is 27.2 Å². The first kappa shape index (κ1) is 14.8. The number of thiophene rings is 1. The Balaban J connectivity index is 2.05. The van der Waals surface area contributed by atoms with E-state index in [1.807, 2.05) is 55.9 Å².